The summed E-state index contributed by atoms with van der Waals surface area (Å²) in [4.78, 5) is 14.3. The Morgan fingerprint density at radius 2 is 2.04 bits per heavy atom. The smallest absolute Gasteiger partial charge is 0.319 e. The summed E-state index contributed by atoms with van der Waals surface area (Å²) < 4.78 is 14.8. The van der Waals surface area contributed by atoms with E-state index in [4.69, 9.17) is 0 Å². The van der Waals surface area contributed by atoms with Crippen LogP contribution in [0.4, 0.5) is 14.9 Å². The average molecular weight is 345 g/mol. The summed E-state index contributed by atoms with van der Waals surface area (Å²) in [6.07, 6.45) is 3.17. The summed E-state index contributed by atoms with van der Waals surface area (Å²) in [5, 5.41) is 17.6. The van der Waals surface area contributed by atoms with Gasteiger partial charge in [0.1, 0.15) is 5.82 Å². The van der Waals surface area contributed by atoms with E-state index in [9.17, 15) is 9.18 Å². The molecule has 0 unspecified atom stereocenters. The normalized spacial score (nSPS) is 20.6. The van der Waals surface area contributed by atoms with Gasteiger partial charge in [0.25, 0.3) is 0 Å². The van der Waals surface area contributed by atoms with Crippen LogP contribution >= 0.6 is 0 Å². The van der Waals surface area contributed by atoms with E-state index in [1.807, 2.05) is 4.68 Å². The van der Waals surface area contributed by atoms with Gasteiger partial charge in [0.05, 0.1) is 12.6 Å². The first-order valence-electron chi connectivity index (χ1n) is 8.49. The lowest BCUT2D eigenvalue weighted by molar-refractivity contribution is 0.247. The van der Waals surface area contributed by atoms with Crippen LogP contribution in [0, 0.1) is 5.82 Å². The van der Waals surface area contributed by atoms with Crippen LogP contribution in [-0.2, 0) is 6.54 Å². The largest absolute Gasteiger partial charge is 0.334 e. The molecule has 9 heteroatoms. The van der Waals surface area contributed by atoms with Crippen molar-refractivity contribution in [3.8, 4) is 0 Å². The van der Waals surface area contributed by atoms with Crippen LogP contribution < -0.4 is 10.6 Å². The number of nitrogens with one attached hydrogen (secondary N) is 2. The fourth-order valence-corrected chi connectivity index (χ4v) is 3.10. The highest BCUT2D eigenvalue weighted by molar-refractivity contribution is 5.89. The minimum atomic E-state index is -0.328. The van der Waals surface area contributed by atoms with E-state index in [1.54, 1.807) is 0 Å². The molecular weight excluding hydrogens is 325 g/mol. The molecule has 0 bridgehead atoms. The molecule has 25 heavy (non-hydrogen) atoms. The van der Waals surface area contributed by atoms with Gasteiger partial charge in [0.15, 0.2) is 5.82 Å². The quantitative estimate of drug-likeness (QED) is 0.858. The maximum absolute atomic E-state index is 12.9. The van der Waals surface area contributed by atoms with Crippen LogP contribution in [0.15, 0.2) is 24.3 Å². The van der Waals surface area contributed by atoms with Gasteiger partial charge in [-0.05, 0) is 54.0 Å². The first kappa shape index (κ1) is 15.9. The first-order chi connectivity index (χ1) is 12.2. The molecule has 1 aliphatic heterocycles. The highest BCUT2D eigenvalue weighted by Gasteiger charge is 2.30. The number of hydrogen-bond donors (Lipinski definition) is 2. The SMILES string of the molecule is O=C(Nc1ccc(F)cc1)N[C@@H]1CCN(Cc2nnnn2C2CC2)C1. The Balaban J connectivity index is 1.26. The lowest BCUT2D eigenvalue weighted by Gasteiger charge is -2.16. The average Bonchev–Trinajstić information content (AvgIpc) is 3.18. The van der Waals surface area contributed by atoms with Crippen molar-refractivity contribution in [3.05, 3.63) is 35.9 Å². The van der Waals surface area contributed by atoms with Crippen molar-refractivity contribution in [3.63, 3.8) is 0 Å². The van der Waals surface area contributed by atoms with Gasteiger partial charge < -0.3 is 10.6 Å². The molecule has 1 saturated heterocycles. The van der Waals surface area contributed by atoms with E-state index in [1.165, 1.54) is 24.3 Å². The summed E-state index contributed by atoms with van der Waals surface area (Å²) in [6.45, 7) is 2.34. The van der Waals surface area contributed by atoms with Crippen LogP contribution in [0.2, 0.25) is 0 Å². The molecule has 2 N–H and O–H groups in total. The van der Waals surface area contributed by atoms with Crippen LogP contribution in [0.1, 0.15) is 31.1 Å². The molecule has 1 saturated carbocycles. The second kappa shape index (κ2) is 6.75. The van der Waals surface area contributed by atoms with Gasteiger partial charge >= 0.3 is 6.03 Å². The summed E-state index contributed by atoms with van der Waals surface area (Å²) in [7, 11) is 0. The van der Waals surface area contributed by atoms with E-state index in [2.05, 4.69) is 31.1 Å². The van der Waals surface area contributed by atoms with Crippen molar-refractivity contribution >= 4 is 11.7 Å². The van der Waals surface area contributed by atoms with Gasteiger partial charge in [-0.2, -0.15) is 0 Å². The fraction of sp³-hybridized carbons (Fsp3) is 0.500. The molecule has 4 rings (SSSR count). The number of likely N-dealkylation sites (tertiary alicyclic amines) is 1. The summed E-state index contributed by atoms with van der Waals surface area (Å²) in [5.74, 6) is 0.560. The number of halogens is 1. The Morgan fingerprint density at radius 1 is 1.24 bits per heavy atom. The molecular formula is C16H20FN7O. The molecule has 2 heterocycles. The molecule has 2 aromatic rings. The predicted octanol–water partition coefficient (Wildman–Crippen LogP) is 1.54. The Kier molecular flexibility index (Phi) is 4.31. The first-order valence-corrected chi connectivity index (χ1v) is 8.49. The van der Waals surface area contributed by atoms with Crippen LogP contribution in [0.5, 0.6) is 0 Å². The number of nitrogens with zero attached hydrogens (tertiary/aromatic N) is 5. The number of aromatic nitrogens is 4. The molecule has 1 atom stereocenters. The number of amides is 2. The number of hydrogen-bond acceptors (Lipinski definition) is 5. The molecule has 1 aromatic carbocycles. The Morgan fingerprint density at radius 3 is 2.80 bits per heavy atom. The zero-order valence-corrected chi connectivity index (χ0v) is 13.7. The third-order valence-electron chi connectivity index (χ3n) is 4.53. The van der Waals surface area contributed by atoms with Crippen LogP contribution in [0.25, 0.3) is 0 Å². The number of carbonyl (C=O) groups excluding carboxylic acids is 1. The molecule has 2 aliphatic rings. The summed E-state index contributed by atoms with van der Waals surface area (Å²) >= 11 is 0. The zero-order valence-electron chi connectivity index (χ0n) is 13.7. The molecule has 2 fully saturated rings. The molecule has 8 nitrogen and oxygen atoms in total. The molecule has 0 spiro atoms. The lowest BCUT2D eigenvalue weighted by atomic mass is 10.3. The highest BCUT2D eigenvalue weighted by atomic mass is 19.1. The van der Waals surface area contributed by atoms with Crippen molar-refractivity contribution in [2.75, 3.05) is 18.4 Å². The number of rotatable bonds is 5. The predicted molar refractivity (Wildman–Crippen MR) is 88.3 cm³/mol. The van der Waals surface area contributed by atoms with Gasteiger partial charge in [-0.15, -0.1) is 5.10 Å². The second-order valence-electron chi connectivity index (χ2n) is 6.60. The van der Waals surface area contributed by atoms with E-state index in [0.717, 1.165) is 38.2 Å². The number of benzene rings is 1. The number of tetrazole rings is 1. The Hall–Kier alpha value is -2.55. The van der Waals surface area contributed by atoms with E-state index in [-0.39, 0.29) is 17.9 Å². The standard InChI is InChI=1S/C16H20FN7O/c17-11-1-3-12(4-2-11)18-16(25)19-13-7-8-23(9-13)10-15-20-21-22-24(15)14-5-6-14/h1-4,13-14H,5-10H2,(H2,18,19,25)/t13-/m1/s1. The highest BCUT2D eigenvalue weighted by Crippen LogP contribution is 2.34. The van der Waals surface area contributed by atoms with Crippen molar-refractivity contribution < 1.29 is 9.18 Å². The van der Waals surface area contributed by atoms with Crippen molar-refractivity contribution in [1.29, 1.82) is 0 Å². The van der Waals surface area contributed by atoms with Gasteiger partial charge in [0, 0.05) is 24.8 Å². The van der Waals surface area contributed by atoms with E-state index < -0.39 is 0 Å². The van der Waals surface area contributed by atoms with Gasteiger partial charge in [-0.1, -0.05) is 0 Å². The van der Waals surface area contributed by atoms with E-state index >= 15 is 0 Å². The van der Waals surface area contributed by atoms with Gasteiger partial charge in [0.2, 0.25) is 0 Å². The maximum Gasteiger partial charge on any atom is 0.319 e. The molecule has 132 valence electrons. The number of carbonyl (C=O) groups is 1. The third kappa shape index (κ3) is 3.93. The minimum Gasteiger partial charge on any atom is -0.334 e. The molecule has 1 aliphatic carbocycles. The Labute approximate surface area is 144 Å². The van der Waals surface area contributed by atoms with Crippen LogP contribution in [0.3, 0.4) is 0 Å². The van der Waals surface area contributed by atoms with Gasteiger partial charge in [-0.25, -0.2) is 13.9 Å². The molecule has 2 amide bonds. The molecule has 1 aromatic heterocycles. The monoisotopic (exact) mass is 345 g/mol. The third-order valence-corrected chi connectivity index (χ3v) is 4.53. The fourth-order valence-electron chi connectivity index (χ4n) is 3.10. The molecule has 0 radical (unpaired) electrons. The lowest BCUT2D eigenvalue weighted by Crippen LogP contribution is -2.39. The number of urea groups is 1. The minimum absolute atomic E-state index is 0.0747. The van der Waals surface area contributed by atoms with Crippen LogP contribution in [-0.4, -0.2) is 50.3 Å². The zero-order chi connectivity index (χ0) is 17.2. The van der Waals surface area contributed by atoms with Crippen molar-refractivity contribution in [2.45, 2.75) is 37.9 Å². The topological polar surface area (TPSA) is 88.0 Å². The number of anilines is 1. The van der Waals surface area contributed by atoms with E-state index in [0.29, 0.717) is 18.3 Å². The van der Waals surface area contributed by atoms with Gasteiger partial charge in [-0.3, -0.25) is 4.90 Å². The summed E-state index contributed by atoms with van der Waals surface area (Å²) in [5.41, 5.74) is 0.567. The Bertz CT molecular complexity index is 743. The summed E-state index contributed by atoms with van der Waals surface area (Å²) in [6, 6.07) is 5.96. The maximum atomic E-state index is 12.9. The van der Waals surface area contributed by atoms with Crippen molar-refractivity contribution in [1.82, 2.24) is 30.4 Å². The van der Waals surface area contributed by atoms with Crippen molar-refractivity contribution in [2.24, 2.45) is 0 Å². The second-order valence-corrected chi connectivity index (χ2v) is 6.60.